The van der Waals surface area contributed by atoms with Gasteiger partial charge < -0.3 is 19.3 Å². The number of hydrogen-bond acceptors (Lipinski definition) is 5. The summed E-state index contributed by atoms with van der Waals surface area (Å²) in [5.74, 6) is 2.15. The van der Waals surface area contributed by atoms with E-state index in [1.165, 1.54) is 0 Å². The second-order valence-electron chi connectivity index (χ2n) is 5.67. The van der Waals surface area contributed by atoms with E-state index in [-0.39, 0.29) is 12.5 Å². The molecule has 0 spiro atoms. The number of hydrogen-bond donors (Lipinski definition) is 1. The second-order valence-corrected chi connectivity index (χ2v) is 5.67. The lowest BCUT2D eigenvalue weighted by atomic mass is 10.1. The van der Waals surface area contributed by atoms with Gasteiger partial charge in [-0.1, -0.05) is 5.16 Å². The molecule has 0 saturated carbocycles. The van der Waals surface area contributed by atoms with E-state index >= 15 is 0 Å². The van der Waals surface area contributed by atoms with Gasteiger partial charge in [0.25, 0.3) is 5.91 Å². The van der Waals surface area contributed by atoms with Crippen LogP contribution in [0, 0.1) is 13.8 Å². The highest BCUT2D eigenvalue weighted by Gasteiger charge is 2.18. The Labute approximate surface area is 140 Å². The molecule has 0 fully saturated rings. The molecule has 1 aliphatic heterocycles. The number of nitrogens with one attached hydrogen (secondary N) is 1. The fraction of sp³-hybridized carbons (Fsp3) is 0.333. The summed E-state index contributed by atoms with van der Waals surface area (Å²) in [6.07, 6.45) is 2.53. The summed E-state index contributed by atoms with van der Waals surface area (Å²) in [6.45, 7) is 4.55. The molecular formula is C18H20N2O4. The molecule has 0 bridgehead atoms. The van der Waals surface area contributed by atoms with Crippen molar-refractivity contribution in [3.8, 4) is 11.5 Å². The van der Waals surface area contributed by atoms with Crippen molar-refractivity contribution in [2.24, 2.45) is 0 Å². The molecule has 126 valence electrons. The molecule has 1 amide bonds. The average molecular weight is 328 g/mol. The first kappa shape index (κ1) is 16.1. The number of aryl methyl sites for hydroxylation is 2. The Balaban J connectivity index is 1.64. The molecule has 1 N–H and O–H groups in total. The summed E-state index contributed by atoms with van der Waals surface area (Å²) >= 11 is 0. The van der Waals surface area contributed by atoms with Crippen LogP contribution in [0.3, 0.4) is 0 Å². The molecule has 0 radical (unpaired) electrons. The minimum Gasteiger partial charge on any atom is -0.497 e. The quantitative estimate of drug-likeness (QED) is 0.912. The molecule has 0 atom stereocenters. The summed E-state index contributed by atoms with van der Waals surface area (Å²) in [4.78, 5) is 12.3. The maximum Gasteiger partial charge on any atom is 0.250 e. The van der Waals surface area contributed by atoms with Crippen molar-refractivity contribution in [1.82, 2.24) is 10.5 Å². The van der Waals surface area contributed by atoms with Gasteiger partial charge in [0.2, 0.25) is 0 Å². The Morgan fingerprint density at radius 3 is 2.92 bits per heavy atom. The van der Waals surface area contributed by atoms with Crippen molar-refractivity contribution in [3.05, 3.63) is 46.4 Å². The largest absolute Gasteiger partial charge is 0.497 e. The van der Waals surface area contributed by atoms with E-state index in [2.05, 4.69) is 10.5 Å². The Morgan fingerprint density at radius 2 is 2.21 bits per heavy atom. The monoisotopic (exact) mass is 328 g/mol. The number of ether oxygens (including phenoxy) is 2. The summed E-state index contributed by atoms with van der Waals surface area (Å²) in [5.41, 5.74) is 3.34. The minimum absolute atomic E-state index is 0.129. The van der Waals surface area contributed by atoms with Crippen molar-refractivity contribution >= 4 is 12.0 Å². The van der Waals surface area contributed by atoms with Crippen molar-refractivity contribution in [3.63, 3.8) is 0 Å². The SMILES string of the molecule is COc1ccc2c(c1)C=C(C(=O)NCCc1c(C)noc1C)CO2. The van der Waals surface area contributed by atoms with Crippen LogP contribution in [0.25, 0.3) is 6.08 Å². The van der Waals surface area contributed by atoms with E-state index in [0.29, 0.717) is 18.5 Å². The van der Waals surface area contributed by atoms with Gasteiger partial charge in [-0.2, -0.15) is 0 Å². The van der Waals surface area contributed by atoms with Gasteiger partial charge in [0.1, 0.15) is 23.9 Å². The highest BCUT2D eigenvalue weighted by atomic mass is 16.5. The third kappa shape index (κ3) is 3.27. The van der Waals surface area contributed by atoms with Crippen molar-refractivity contribution < 1.29 is 18.8 Å². The van der Waals surface area contributed by atoms with Crippen molar-refractivity contribution in [2.45, 2.75) is 20.3 Å². The molecule has 1 aliphatic rings. The fourth-order valence-electron chi connectivity index (χ4n) is 2.69. The molecule has 1 aromatic heterocycles. The third-order valence-corrected chi connectivity index (χ3v) is 4.06. The maximum absolute atomic E-state index is 12.3. The van der Waals surface area contributed by atoms with E-state index in [4.69, 9.17) is 14.0 Å². The van der Waals surface area contributed by atoms with Gasteiger partial charge in [0.05, 0.1) is 18.4 Å². The lowest BCUT2D eigenvalue weighted by molar-refractivity contribution is -0.117. The smallest absolute Gasteiger partial charge is 0.250 e. The van der Waals surface area contributed by atoms with Gasteiger partial charge in [-0.3, -0.25) is 4.79 Å². The van der Waals surface area contributed by atoms with Gasteiger partial charge in [0, 0.05) is 17.7 Å². The van der Waals surface area contributed by atoms with Crippen LogP contribution >= 0.6 is 0 Å². The van der Waals surface area contributed by atoms with Gasteiger partial charge in [-0.05, 0) is 44.5 Å². The lowest BCUT2D eigenvalue weighted by Crippen LogP contribution is -2.30. The Morgan fingerprint density at radius 1 is 1.38 bits per heavy atom. The van der Waals surface area contributed by atoms with Crippen LogP contribution in [-0.4, -0.2) is 31.3 Å². The molecular weight excluding hydrogens is 308 g/mol. The molecule has 0 unspecified atom stereocenters. The number of carbonyl (C=O) groups excluding carboxylic acids is 1. The van der Waals surface area contributed by atoms with Crippen LogP contribution in [-0.2, 0) is 11.2 Å². The number of rotatable bonds is 5. The first-order valence-corrected chi connectivity index (χ1v) is 7.80. The molecule has 24 heavy (non-hydrogen) atoms. The normalized spacial score (nSPS) is 12.9. The number of aromatic nitrogens is 1. The lowest BCUT2D eigenvalue weighted by Gasteiger charge is -2.18. The number of nitrogens with zero attached hydrogens (tertiary/aromatic N) is 1. The zero-order chi connectivity index (χ0) is 17.1. The van der Waals surface area contributed by atoms with Gasteiger partial charge in [-0.25, -0.2) is 0 Å². The zero-order valence-corrected chi connectivity index (χ0v) is 14.0. The first-order valence-electron chi connectivity index (χ1n) is 7.80. The van der Waals surface area contributed by atoms with Gasteiger partial charge >= 0.3 is 0 Å². The van der Waals surface area contributed by atoms with Gasteiger partial charge in [-0.15, -0.1) is 0 Å². The van der Waals surface area contributed by atoms with E-state index < -0.39 is 0 Å². The summed E-state index contributed by atoms with van der Waals surface area (Å²) in [5, 5.41) is 6.83. The predicted molar refractivity (Wildman–Crippen MR) is 89.2 cm³/mol. The molecule has 6 nitrogen and oxygen atoms in total. The number of amides is 1. The maximum atomic E-state index is 12.3. The van der Waals surface area contributed by atoms with Crippen LogP contribution in [0.5, 0.6) is 11.5 Å². The molecule has 6 heteroatoms. The average Bonchev–Trinajstić information content (AvgIpc) is 2.92. The van der Waals surface area contributed by atoms with E-state index in [1.807, 2.05) is 38.1 Å². The highest BCUT2D eigenvalue weighted by molar-refractivity contribution is 5.99. The first-order chi connectivity index (χ1) is 11.6. The van der Waals surface area contributed by atoms with E-state index in [1.54, 1.807) is 7.11 Å². The predicted octanol–water partition coefficient (Wildman–Crippen LogP) is 2.43. The molecule has 2 heterocycles. The topological polar surface area (TPSA) is 73.6 Å². The highest BCUT2D eigenvalue weighted by Crippen LogP contribution is 2.29. The molecule has 0 saturated heterocycles. The minimum atomic E-state index is -0.129. The molecule has 1 aromatic carbocycles. The van der Waals surface area contributed by atoms with Crippen LogP contribution in [0.15, 0.2) is 28.3 Å². The summed E-state index contributed by atoms with van der Waals surface area (Å²) < 4.78 is 16.0. The van der Waals surface area contributed by atoms with Crippen LogP contribution < -0.4 is 14.8 Å². The van der Waals surface area contributed by atoms with Crippen molar-refractivity contribution in [1.29, 1.82) is 0 Å². The van der Waals surface area contributed by atoms with Gasteiger partial charge in [0.15, 0.2) is 0 Å². The van der Waals surface area contributed by atoms with E-state index in [0.717, 1.165) is 34.1 Å². The van der Waals surface area contributed by atoms with Crippen molar-refractivity contribution in [2.75, 3.05) is 20.3 Å². The molecule has 2 aromatic rings. The van der Waals surface area contributed by atoms with Crippen LogP contribution in [0.1, 0.15) is 22.6 Å². The van der Waals surface area contributed by atoms with E-state index in [9.17, 15) is 4.79 Å². The molecule has 0 aliphatic carbocycles. The summed E-state index contributed by atoms with van der Waals surface area (Å²) in [6, 6.07) is 5.53. The standard InChI is InChI=1S/C18H20N2O4/c1-11-16(12(2)24-20-11)6-7-19-18(21)14-8-13-9-15(22-3)4-5-17(13)23-10-14/h4-5,8-9H,6-7,10H2,1-3H3,(H,19,21). The number of carbonyl (C=O) groups is 1. The Bertz CT molecular complexity index is 773. The Kier molecular flexibility index (Phi) is 4.55. The second kappa shape index (κ2) is 6.78. The molecule has 3 rings (SSSR count). The fourth-order valence-corrected chi connectivity index (χ4v) is 2.69. The van der Waals surface area contributed by atoms with Crippen LogP contribution in [0.4, 0.5) is 0 Å². The number of fused-ring (bicyclic) bond motifs is 1. The number of methoxy groups -OCH3 is 1. The zero-order valence-electron chi connectivity index (χ0n) is 14.0. The Hall–Kier alpha value is -2.76. The van der Waals surface area contributed by atoms with Crippen LogP contribution in [0.2, 0.25) is 0 Å². The summed E-state index contributed by atoms with van der Waals surface area (Å²) in [7, 11) is 1.61. The number of benzene rings is 1. The third-order valence-electron chi connectivity index (χ3n) is 4.06.